The van der Waals surface area contributed by atoms with Crippen LogP contribution in [0.25, 0.3) is 11.0 Å². The van der Waals surface area contributed by atoms with Crippen LogP contribution in [0.3, 0.4) is 0 Å². The second-order valence-corrected chi connectivity index (χ2v) is 7.49. The molecule has 1 N–H and O–H groups in total. The van der Waals surface area contributed by atoms with E-state index in [2.05, 4.69) is 16.6 Å². The number of fused-ring (bicyclic) bond motifs is 1. The molecule has 0 radical (unpaired) electrons. The molecule has 1 aromatic heterocycles. The van der Waals surface area contributed by atoms with Gasteiger partial charge in [-0.3, -0.25) is 0 Å². The summed E-state index contributed by atoms with van der Waals surface area (Å²) in [6.07, 6.45) is 2.83. The second kappa shape index (κ2) is 5.18. The first-order valence-corrected chi connectivity index (χ1v) is 8.57. The van der Waals surface area contributed by atoms with Crippen LogP contribution in [0.5, 0.6) is 0 Å². The number of benzene rings is 1. The van der Waals surface area contributed by atoms with Crippen LogP contribution in [-0.2, 0) is 16.6 Å². The summed E-state index contributed by atoms with van der Waals surface area (Å²) in [6, 6.07) is 7.73. The molecular formula is C14H19N3O2S. The first-order chi connectivity index (χ1) is 9.55. The number of imidazole rings is 1. The lowest BCUT2D eigenvalue weighted by Gasteiger charge is -2.07. The van der Waals surface area contributed by atoms with Crippen LogP contribution >= 0.6 is 0 Å². The van der Waals surface area contributed by atoms with Crippen LogP contribution in [0.2, 0.25) is 0 Å². The van der Waals surface area contributed by atoms with Gasteiger partial charge in [0.2, 0.25) is 10.0 Å². The predicted molar refractivity (Wildman–Crippen MR) is 78.8 cm³/mol. The molecule has 20 heavy (non-hydrogen) atoms. The van der Waals surface area contributed by atoms with E-state index in [1.54, 1.807) is 6.33 Å². The highest BCUT2D eigenvalue weighted by molar-refractivity contribution is 7.89. The molecule has 2 aromatic rings. The molecule has 0 spiro atoms. The Morgan fingerprint density at radius 1 is 1.40 bits per heavy atom. The van der Waals surface area contributed by atoms with Gasteiger partial charge in [0, 0.05) is 13.1 Å². The highest BCUT2D eigenvalue weighted by Gasteiger charge is 2.33. The van der Waals surface area contributed by atoms with Gasteiger partial charge in [-0.1, -0.05) is 19.1 Å². The van der Waals surface area contributed by atoms with E-state index in [9.17, 15) is 8.42 Å². The van der Waals surface area contributed by atoms with Gasteiger partial charge in [-0.05, 0) is 30.4 Å². The molecule has 1 saturated carbocycles. The summed E-state index contributed by atoms with van der Waals surface area (Å²) < 4.78 is 28.5. The largest absolute Gasteiger partial charge is 0.330 e. The van der Waals surface area contributed by atoms with E-state index in [-0.39, 0.29) is 5.75 Å². The molecule has 6 heteroatoms. The van der Waals surface area contributed by atoms with Crippen molar-refractivity contribution in [2.75, 3.05) is 12.3 Å². The van der Waals surface area contributed by atoms with Crippen molar-refractivity contribution in [3.05, 3.63) is 30.6 Å². The summed E-state index contributed by atoms with van der Waals surface area (Å²) in [7, 11) is -3.20. The number of hydrogen-bond acceptors (Lipinski definition) is 3. The number of nitrogens with one attached hydrogen (secondary N) is 1. The molecular weight excluding hydrogens is 274 g/mol. The quantitative estimate of drug-likeness (QED) is 0.880. The zero-order chi connectivity index (χ0) is 14.2. The van der Waals surface area contributed by atoms with Crippen LogP contribution in [0, 0.1) is 11.8 Å². The molecule has 1 fully saturated rings. The first kappa shape index (κ1) is 13.6. The van der Waals surface area contributed by atoms with Gasteiger partial charge in [-0.2, -0.15) is 0 Å². The van der Waals surface area contributed by atoms with E-state index in [1.165, 1.54) is 0 Å². The number of aromatic nitrogens is 2. The number of hydrogen-bond donors (Lipinski definition) is 1. The van der Waals surface area contributed by atoms with Crippen molar-refractivity contribution in [3.8, 4) is 0 Å². The van der Waals surface area contributed by atoms with Gasteiger partial charge in [0.15, 0.2) is 0 Å². The molecule has 0 unspecified atom stereocenters. The highest BCUT2D eigenvalue weighted by Crippen LogP contribution is 2.36. The molecule has 0 aliphatic heterocycles. The molecule has 108 valence electrons. The van der Waals surface area contributed by atoms with Crippen molar-refractivity contribution < 1.29 is 8.42 Å². The van der Waals surface area contributed by atoms with Crippen molar-refractivity contribution >= 4 is 21.1 Å². The van der Waals surface area contributed by atoms with Crippen LogP contribution in [0.15, 0.2) is 30.6 Å². The lowest BCUT2D eigenvalue weighted by atomic mass is 10.3. The molecule has 1 aromatic carbocycles. The fraction of sp³-hybridized carbons (Fsp3) is 0.500. The van der Waals surface area contributed by atoms with Crippen LogP contribution in [-0.4, -0.2) is 30.3 Å². The Labute approximate surface area is 119 Å². The number of rotatable bonds is 6. The van der Waals surface area contributed by atoms with Crippen molar-refractivity contribution in [3.63, 3.8) is 0 Å². The lowest BCUT2D eigenvalue weighted by molar-refractivity contribution is 0.569. The number of nitrogens with zero attached hydrogens (tertiary/aromatic N) is 2. The summed E-state index contributed by atoms with van der Waals surface area (Å²) >= 11 is 0. The molecule has 0 bridgehead atoms. The first-order valence-electron chi connectivity index (χ1n) is 6.92. The lowest BCUT2D eigenvalue weighted by Crippen LogP contribution is -2.30. The predicted octanol–water partition coefficient (Wildman–Crippen LogP) is 1.61. The molecule has 1 aliphatic rings. The van der Waals surface area contributed by atoms with Crippen molar-refractivity contribution in [1.29, 1.82) is 0 Å². The van der Waals surface area contributed by atoms with E-state index < -0.39 is 10.0 Å². The van der Waals surface area contributed by atoms with Crippen LogP contribution < -0.4 is 4.72 Å². The summed E-state index contributed by atoms with van der Waals surface area (Å²) in [4.78, 5) is 4.26. The summed E-state index contributed by atoms with van der Waals surface area (Å²) in [5, 5.41) is 0. The van der Waals surface area contributed by atoms with Gasteiger partial charge in [0.25, 0.3) is 0 Å². The third-order valence-corrected chi connectivity index (χ3v) is 5.30. The molecule has 1 heterocycles. The Morgan fingerprint density at radius 3 is 2.90 bits per heavy atom. The minimum Gasteiger partial charge on any atom is -0.330 e. The summed E-state index contributed by atoms with van der Waals surface area (Å²) in [6.45, 7) is 3.15. The SMILES string of the molecule is C[C@@H]1C[C@H]1CNS(=O)(=O)CCn1cnc2ccccc21. The fourth-order valence-corrected chi connectivity index (χ4v) is 3.45. The number of para-hydroxylation sites is 2. The molecule has 2 atom stereocenters. The molecule has 5 nitrogen and oxygen atoms in total. The Morgan fingerprint density at radius 2 is 2.15 bits per heavy atom. The second-order valence-electron chi connectivity index (χ2n) is 5.57. The zero-order valence-electron chi connectivity index (χ0n) is 11.5. The monoisotopic (exact) mass is 293 g/mol. The van der Waals surface area contributed by atoms with Gasteiger partial charge in [-0.25, -0.2) is 18.1 Å². The van der Waals surface area contributed by atoms with Gasteiger partial charge < -0.3 is 4.57 Å². The zero-order valence-corrected chi connectivity index (χ0v) is 12.3. The van der Waals surface area contributed by atoms with Crippen molar-refractivity contribution in [1.82, 2.24) is 14.3 Å². The average Bonchev–Trinajstić information content (AvgIpc) is 2.98. The van der Waals surface area contributed by atoms with Crippen molar-refractivity contribution in [2.45, 2.75) is 19.9 Å². The average molecular weight is 293 g/mol. The van der Waals surface area contributed by atoms with E-state index >= 15 is 0 Å². The number of aryl methyl sites for hydroxylation is 1. The minimum absolute atomic E-state index is 0.0917. The maximum Gasteiger partial charge on any atom is 0.213 e. The Balaban J connectivity index is 1.60. The molecule has 0 saturated heterocycles. The standard InChI is InChI=1S/C14H19N3O2S/c1-11-8-12(11)9-16-20(18,19)7-6-17-10-15-13-4-2-3-5-14(13)17/h2-5,10-12,16H,6-9H2,1H3/t11-,12+/m1/s1. The smallest absolute Gasteiger partial charge is 0.213 e. The third kappa shape index (κ3) is 3.02. The van der Waals surface area contributed by atoms with E-state index in [0.29, 0.717) is 24.9 Å². The van der Waals surface area contributed by atoms with Crippen LogP contribution in [0.1, 0.15) is 13.3 Å². The summed E-state index contributed by atoms with van der Waals surface area (Å²) in [5.41, 5.74) is 1.86. The van der Waals surface area contributed by atoms with E-state index in [1.807, 2.05) is 28.8 Å². The highest BCUT2D eigenvalue weighted by atomic mass is 32.2. The van der Waals surface area contributed by atoms with Gasteiger partial charge in [-0.15, -0.1) is 0 Å². The Bertz CT molecular complexity index is 708. The maximum atomic E-state index is 12.0. The normalized spacial score (nSPS) is 22.2. The molecule has 3 rings (SSSR count). The van der Waals surface area contributed by atoms with Crippen LogP contribution in [0.4, 0.5) is 0 Å². The van der Waals surface area contributed by atoms with Gasteiger partial charge in [0.05, 0.1) is 23.1 Å². The molecule has 1 aliphatic carbocycles. The van der Waals surface area contributed by atoms with Gasteiger partial charge in [0.1, 0.15) is 0 Å². The third-order valence-electron chi connectivity index (χ3n) is 3.97. The van der Waals surface area contributed by atoms with Crippen molar-refractivity contribution in [2.24, 2.45) is 11.8 Å². The van der Waals surface area contributed by atoms with E-state index in [0.717, 1.165) is 17.5 Å². The topological polar surface area (TPSA) is 64.0 Å². The molecule has 0 amide bonds. The fourth-order valence-electron chi connectivity index (χ4n) is 2.40. The van der Waals surface area contributed by atoms with Gasteiger partial charge >= 0.3 is 0 Å². The van der Waals surface area contributed by atoms with E-state index in [4.69, 9.17) is 0 Å². The number of sulfonamides is 1. The minimum atomic E-state index is -3.20. The Kier molecular flexibility index (Phi) is 3.52. The Hall–Kier alpha value is -1.40. The summed E-state index contributed by atoms with van der Waals surface area (Å²) in [5.74, 6) is 1.28. The maximum absolute atomic E-state index is 12.0.